The van der Waals surface area contributed by atoms with Crippen molar-refractivity contribution in [3.05, 3.63) is 28.8 Å². The second-order valence-corrected chi connectivity index (χ2v) is 4.48. The molecule has 15 heavy (non-hydrogen) atoms. The molecule has 1 rings (SSSR count). The Labute approximate surface area is 96.4 Å². The van der Waals surface area contributed by atoms with Gasteiger partial charge in [0, 0.05) is 6.54 Å². The average molecular weight is 228 g/mol. The minimum Gasteiger partial charge on any atom is -0.487 e. The van der Waals surface area contributed by atoms with Crippen LogP contribution in [0.15, 0.2) is 18.2 Å². The van der Waals surface area contributed by atoms with Crippen LogP contribution >= 0.6 is 11.6 Å². The maximum atomic E-state index is 6.07. The summed E-state index contributed by atoms with van der Waals surface area (Å²) in [7, 11) is 0. The molecule has 0 fully saturated rings. The molecule has 0 heterocycles. The van der Waals surface area contributed by atoms with E-state index in [1.807, 2.05) is 25.1 Å². The molecule has 0 saturated heterocycles. The van der Waals surface area contributed by atoms with Gasteiger partial charge in [0.25, 0.3) is 0 Å². The Hall–Kier alpha value is -0.730. The number of aryl methyl sites for hydroxylation is 1. The standard InChI is InChI=1S/C12H18ClNO/c1-8(2)12(7-14)15-11-5-4-9(3)6-10(11)13/h4-6,8,12H,7,14H2,1-3H3. The van der Waals surface area contributed by atoms with Gasteiger partial charge in [-0.15, -0.1) is 0 Å². The zero-order valence-corrected chi connectivity index (χ0v) is 10.2. The zero-order valence-electron chi connectivity index (χ0n) is 9.46. The Morgan fingerprint density at radius 3 is 2.53 bits per heavy atom. The first-order valence-corrected chi connectivity index (χ1v) is 5.55. The Morgan fingerprint density at radius 2 is 2.07 bits per heavy atom. The molecule has 1 unspecified atom stereocenters. The molecule has 0 saturated carbocycles. The van der Waals surface area contributed by atoms with E-state index in [2.05, 4.69) is 13.8 Å². The van der Waals surface area contributed by atoms with Crippen LogP contribution in [0.25, 0.3) is 0 Å². The summed E-state index contributed by atoms with van der Waals surface area (Å²) < 4.78 is 5.75. The maximum absolute atomic E-state index is 6.07. The summed E-state index contributed by atoms with van der Waals surface area (Å²) in [6.07, 6.45) is 0.0187. The normalized spacial score (nSPS) is 12.9. The fraction of sp³-hybridized carbons (Fsp3) is 0.500. The lowest BCUT2D eigenvalue weighted by atomic mass is 10.1. The molecule has 1 aromatic rings. The molecule has 2 N–H and O–H groups in total. The summed E-state index contributed by atoms with van der Waals surface area (Å²) in [5, 5.41) is 0.647. The van der Waals surface area contributed by atoms with Crippen LogP contribution < -0.4 is 10.5 Å². The van der Waals surface area contributed by atoms with Gasteiger partial charge >= 0.3 is 0 Å². The van der Waals surface area contributed by atoms with E-state index >= 15 is 0 Å². The van der Waals surface area contributed by atoms with Crippen LogP contribution in [-0.2, 0) is 0 Å². The molecule has 2 nitrogen and oxygen atoms in total. The fourth-order valence-electron chi connectivity index (χ4n) is 1.32. The predicted octanol–water partition coefficient (Wildman–Crippen LogP) is 3.01. The van der Waals surface area contributed by atoms with Gasteiger partial charge in [-0.25, -0.2) is 0 Å². The molecular weight excluding hydrogens is 210 g/mol. The first-order chi connectivity index (χ1) is 7.04. The lowest BCUT2D eigenvalue weighted by Gasteiger charge is -2.21. The number of nitrogens with two attached hydrogens (primary N) is 1. The molecule has 0 aliphatic carbocycles. The lowest BCUT2D eigenvalue weighted by Crippen LogP contribution is -2.31. The van der Waals surface area contributed by atoms with Gasteiger partial charge in [0.2, 0.25) is 0 Å². The summed E-state index contributed by atoms with van der Waals surface area (Å²) in [5.74, 6) is 1.10. The number of benzene rings is 1. The molecule has 0 amide bonds. The van der Waals surface area contributed by atoms with Crippen molar-refractivity contribution >= 4 is 11.6 Å². The largest absolute Gasteiger partial charge is 0.487 e. The fourth-order valence-corrected chi connectivity index (χ4v) is 1.60. The first-order valence-electron chi connectivity index (χ1n) is 5.17. The van der Waals surface area contributed by atoms with Crippen molar-refractivity contribution in [2.45, 2.75) is 26.9 Å². The van der Waals surface area contributed by atoms with E-state index in [-0.39, 0.29) is 6.10 Å². The molecule has 1 atom stereocenters. The van der Waals surface area contributed by atoms with Gasteiger partial charge in [0.05, 0.1) is 5.02 Å². The van der Waals surface area contributed by atoms with Crippen LogP contribution in [0.1, 0.15) is 19.4 Å². The van der Waals surface area contributed by atoms with Crippen molar-refractivity contribution in [2.75, 3.05) is 6.54 Å². The number of hydrogen-bond donors (Lipinski definition) is 1. The highest BCUT2D eigenvalue weighted by Gasteiger charge is 2.14. The Morgan fingerprint density at radius 1 is 1.40 bits per heavy atom. The van der Waals surface area contributed by atoms with Crippen LogP contribution in [0.3, 0.4) is 0 Å². The highest BCUT2D eigenvalue weighted by atomic mass is 35.5. The van der Waals surface area contributed by atoms with E-state index in [0.29, 0.717) is 23.2 Å². The van der Waals surface area contributed by atoms with Crippen molar-refractivity contribution in [1.82, 2.24) is 0 Å². The minimum absolute atomic E-state index is 0.0187. The second-order valence-electron chi connectivity index (χ2n) is 4.07. The molecule has 0 spiro atoms. The maximum Gasteiger partial charge on any atom is 0.138 e. The van der Waals surface area contributed by atoms with Crippen LogP contribution in [0, 0.1) is 12.8 Å². The van der Waals surface area contributed by atoms with E-state index in [1.54, 1.807) is 0 Å². The third-order valence-corrected chi connectivity index (χ3v) is 2.64. The second kappa shape index (κ2) is 5.38. The predicted molar refractivity (Wildman–Crippen MR) is 64.5 cm³/mol. The van der Waals surface area contributed by atoms with Gasteiger partial charge in [-0.05, 0) is 30.5 Å². The third-order valence-electron chi connectivity index (χ3n) is 2.34. The summed E-state index contributed by atoms with van der Waals surface area (Å²) in [5.41, 5.74) is 6.76. The highest BCUT2D eigenvalue weighted by molar-refractivity contribution is 6.32. The van der Waals surface area contributed by atoms with Gasteiger partial charge in [0.1, 0.15) is 11.9 Å². The SMILES string of the molecule is Cc1ccc(OC(CN)C(C)C)c(Cl)c1. The average Bonchev–Trinajstić information content (AvgIpc) is 2.16. The van der Waals surface area contributed by atoms with Crippen molar-refractivity contribution in [3.63, 3.8) is 0 Å². The molecule has 0 aliphatic heterocycles. The van der Waals surface area contributed by atoms with E-state index in [0.717, 1.165) is 5.56 Å². The van der Waals surface area contributed by atoms with E-state index in [9.17, 15) is 0 Å². The van der Waals surface area contributed by atoms with Gasteiger partial charge in [0.15, 0.2) is 0 Å². The number of hydrogen-bond acceptors (Lipinski definition) is 2. The Kier molecular flexibility index (Phi) is 4.43. The van der Waals surface area contributed by atoms with Gasteiger partial charge < -0.3 is 10.5 Å². The van der Waals surface area contributed by atoms with Gasteiger partial charge in [-0.1, -0.05) is 31.5 Å². The number of rotatable bonds is 4. The molecule has 84 valence electrons. The highest BCUT2D eigenvalue weighted by Crippen LogP contribution is 2.27. The summed E-state index contributed by atoms with van der Waals surface area (Å²) in [6, 6.07) is 5.77. The summed E-state index contributed by atoms with van der Waals surface area (Å²) in [6.45, 7) is 6.67. The van der Waals surface area contributed by atoms with Crippen LogP contribution in [-0.4, -0.2) is 12.6 Å². The van der Waals surface area contributed by atoms with E-state index in [1.165, 1.54) is 0 Å². The van der Waals surface area contributed by atoms with E-state index < -0.39 is 0 Å². The topological polar surface area (TPSA) is 35.2 Å². The van der Waals surface area contributed by atoms with Crippen molar-refractivity contribution in [2.24, 2.45) is 11.7 Å². The molecule has 0 bridgehead atoms. The van der Waals surface area contributed by atoms with Crippen molar-refractivity contribution in [1.29, 1.82) is 0 Å². The Bertz CT molecular complexity index is 325. The third kappa shape index (κ3) is 3.40. The quantitative estimate of drug-likeness (QED) is 0.858. The van der Waals surface area contributed by atoms with Crippen LogP contribution in [0.5, 0.6) is 5.75 Å². The Balaban J connectivity index is 2.79. The monoisotopic (exact) mass is 227 g/mol. The van der Waals surface area contributed by atoms with Crippen molar-refractivity contribution in [3.8, 4) is 5.75 Å². The van der Waals surface area contributed by atoms with Crippen LogP contribution in [0.2, 0.25) is 5.02 Å². The molecule has 0 radical (unpaired) electrons. The van der Waals surface area contributed by atoms with Gasteiger partial charge in [-0.2, -0.15) is 0 Å². The van der Waals surface area contributed by atoms with E-state index in [4.69, 9.17) is 22.1 Å². The smallest absolute Gasteiger partial charge is 0.138 e. The first kappa shape index (κ1) is 12.3. The minimum atomic E-state index is 0.0187. The molecule has 1 aromatic carbocycles. The summed E-state index contributed by atoms with van der Waals surface area (Å²) in [4.78, 5) is 0. The summed E-state index contributed by atoms with van der Waals surface area (Å²) >= 11 is 6.07. The molecule has 3 heteroatoms. The van der Waals surface area contributed by atoms with Gasteiger partial charge in [-0.3, -0.25) is 0 Å². The zero-order chi connectivity index (χ0) is 11.4. The lowest BCUT2D eigenvalue weighted by molar-refractivity contribution is 0.159. The number of halogens is 1. The van der Waals surface area contributed by atoms with Crippen LogP contribution in [0.4, 0.5) is 0 Å². The molecule has 0 aromatic heterocycles. The van der Waals surface area contributed by atoms with Crippen molar-refractivity contribution < 1.29 is 4.74 Å². The number of ether oxygens (including phenoxy) is 1. The molecule has 0 aliphatic rings. The molecular formula is C12H18ClNO.